The molecule has 1 aromatic rings. The van der Waals surface area contributed by atoms with Gasteiger partial charge in [0.25, 0.3) is 5.91 Å². The van der Waals surface area contributed by atoms with Crippen LogP contribution in [-0.4, -0.2) is 28.0 Å². The monoisotopic (exact) mass is 224 g/mol. The smallest absolute Gasteiger partial charge is 0.271 e. The lowest BCUT2D eigenvalue weighted by molar-refractivity contribution is 0.0901. The lowest BCUT2D eigenvalue weighted by atomic mass is 9.87. The third kappa shape index (κ3) is 3.06. The number of nitrogens with one attached hydrogen (secondary N) is 1. The summed E-state index contributed by atoms with van der Waals surface area (Å²) in [7, 11) is 1.83. The van der Waals surface area contributed by atoms with Crippen LogP contribution >= 0.6 is 0 Å². The predicted octanol–water partition coefficient (Wildman–Crippen LogP) is 0.523. The Balaban J connectivity index is 2.70. The first kappa shape index (κ1) is 12.7. The molecule has 90 valence electrons. The minimum absolute atomic E-state index is 0.0537. The molecule has 5 nitrogen and oxygen atoms in total. The van der Waals surface area contributed by atoms with Crippen molar-refractivity contribution in [1.29, 1.82) is 0 Å². The quantitative estimate of drug-likeness (QED) is 0.786. The first-order valence-corrected chi connectivity index (χ1v) is 5.33. The summed E-state index contributed by atoms with van der Waals surface area (Å²) in [6.07, 6.45) is 3.29. The molecular formula is C11H20N4O. The fraction of sp³-hybridized carbons (Fsp3) is 0.636. The van der Waals surface area contributed by atoms with Crippen LogP contribution in [-0.2, 0) is 7.05 Å². The highest BCUT2D eigenvalue weighted by molar-refractivity contribution is 5.92. The molecule has 1 amide bonds. The Labute approximate surface area is 96.0 Å². The van der Waals surface area contributed by atoms with Crippen LogP contribution in [0, 0.1) is 5.41 Å². The van der Waals surface area contributed by atoms with E-state index in [1.807, 2.05) is 27.8 Å². The molecule has 16 heavy (non-hydrogen) atoms. The van der Waals surface area contributed by atoms with E-state index in [9.17, 15) is 4.79 Å². The van der Waals surface area contributed by atoms with Gasteiger partial charge < -0.3 is 15.6 Å². The van der Waals surface area contributed by atoms with Crippen molar-refractivity contribution in [3.05, 3.63) is 18.2 Å². The molecule has 0 aliphatic heterocycles. The zero-order valence-electron chi connectivity index (χ0n) is 10.3. The van der Waals surface area contributed by atoms with Crippen molar-refractivity contribution in [3.8, 4) is 0 Å². The molecule has 1 aromatic heterocycles. The minimum atomic E-state index is -0.175. The van der Waals surface area contributed by atoms with Crippen LogP contribution in [0.15, 0.2) is 12.5 Å². The van der Waals surface area contributed by atoms with Gasteiger partial charge in [0.15, 0.2) is 0 Å². The molecule has 5 heteroatoms. The Bertz CT molecular complexity index is 364. The van der Waals surface area contributed by atoms with E-state index >= 15 is 0 Å². The molecule has 0 aromatic carbocycles. The van der Waals surface area contributed by atoms with Crippen LogP contribution in [0.2, 0.25) is 0 Å². The second-order valence-electron chi connectivity index (χ2n) is 5.05. The van der Waals surface area contributed by atoms with Gasteiger partial charge in [-0.05, 0) is 5.41 Å². The maximum atomic E-state index is 11.8. The van der Waals surface area contributed by atoms with Gasteiger partial charge in [0, 0.05) is 25.8 Å². The van der Waals surface area contributed by atoms with Gasteiger partial charge >= 0.3 is 0 Å². The molecule has 0 saturated carbocycles. The second-order valence-corrected chi connectivity index (χ2v) is 5.05. The van der Waals surface area contributed by atoms with Gasteiger partial charge in [-0.3, -0.25) is 4.79 Å². The maximum Gasteiger partial charge on any atom is 0.271 e. The molecule has 0 fully saturated rings. The first-order valence-electron chi connectivity index (χ1n) is 5.33. The van der Waals surface area contributed by atoms with Gasteiger partial charge in [-0.2, -0.15) is 0 Å². The third-order valence-corrected chi connectivity index (χ3v) is 2.52. The van der Waals surface area contributed by atoms with E-state index in [4.69, 9.17) is 5.73 Å². The van der Waals surface area contributed by atoms with E-state index in [1.54, 1.807) is 17.1 Å². The lowest BCUT2D eigenvalue weighted by Crippen LogP contribution is -2.48. The number of aromatic nitrogens is 2. The number of rotatable bonds is 3. The fourth-order valence-corrected chi connectivity index (χ4v) is 1.39. The molecule has 0 bridgehead atoms. The Morgan fingerprint density at radius 3 is 2.62 bits per heavy atom. The summed E-state index contributed by atoms with van der Waals surface area (Å²) in [5.74, 6) is -0.175. The van der Waals surface area contributed by atoms with E-state index in [-0.39, 0.29) is 17.4 Å². The lowest BCUT2D eigenvalue weighted by Gasteiger charge is -2.30. The molecule has 0 radical (unpaired) electrons. The normalized spacial score (nSPS) is 13.6. The summed E-state index contributed by atoms with van der Waals surface area (Å²) in [6, 6.07) is -0.0537. The second kappa shape index (κ2) is 4.65. The van der Waals surface area contributed by atoms with Gasteiger partial charge in [0.2, 0.25) is 0 Å². The molecule has 1 heterocycles. The predicted molar refractivity (Wildman–Crippen MR) is 63.0 cm³/mol. The average Bonchev–Trinajstić information content (AvgIpc) is 2.59. The van der Waals surface area contributed by atoms with Crippen molar-refractivity contribution in [1.82, 2.24) is 14.9 Å². The largest absolute Gasteiger partial charge is 0.346 e. The Morgan fingerprint density at radius 2 is 2.25 bits per heavy atom. The van der Waals surface area contributed by atoms with Crippen LogP contribution < -0.4 is 11.1 Å². The van der Waals surface area contributed by atoms with Crippen LogP contribution in [0.5, 0.6) is 0 Å². The molecule has 0 aliphatic rings. The van der Waals surface area contributed by atoms with Crippen molar-refractivity contribution in [2.24, 2.45) is 18.2 Å². The van der Waals surface area contributed by atoms with Crippen molar-refractivity contribution < 1.29 is 4.79 Å². The summed E-state index contributed by atoms with van der Waals surface area (Å²) < 4.78 is 1.74. The minimum Gasteiger partial charge on any atom is -0.346 e. The van der Waals surface area contributed by atoms with Gasteiger partial charge in [-0.15, -0.1) is 0 Å². The summed E-state index contributed by atoms with van der Waals surface area (Å²) in [4.78, 5) is 15.8. The number of aryl methyl sites for hydroxylation is 1. The first-order chi connectivity index (χ1) is 7.34. The van der Waals surface area contributed by atoms with E-state index in [0.29, 0.717) is 12.2 Å². The molecule has 0 spiro atoms. The molecule has 1 atom stereocenters. The van der Waals surface area contributed by atoms with Crippen molar-refractivity contribution in [2.45, 2.75) is 26.8 Å². The molecule has 3 N–H and O–H groups in total. The number of nitrogens with two attached hydrogens (primary N) is 1. The highest BCUT2D eigenvalue weighted by atomic mass is 16.2. The van der Waals surface area contributed by atoms with Crippen LogP contribution in [0.1, 0.15) is 31.3 Å². The number of carbonyl (C=O) groups excluding carboxylic acids is 1. The van der Waals surface area contributed by atoms with Crippen LogP contribution in [0.3, 0.4) is 0 Å². The highest BCUT2D eigenvalue weighted by Crippen LogP contribution is 2.18. The zero-order valence-corrected chi connectivity index (χ0v) is 10.3. The Kier molecular flexibility index (Phi) is 3.70. The van der Waals surface area contributed by atoms with E-state index in [1.165, 1.54) is 0 Å². The molecular weight excluding hydrogens is 204 g/mol. The number of hydrogen-bond acceptors (Lipinski definition) is 3. The van der Waals surface area contributed by atoms with Crippen molar-refractivity contribution in [3.63, 3.8) is 0 Å². The van der Waals surface area contributed by atoms with Crippen LogP contribution in [0.4, 0.5) is 0 Å². The molecule has 0 saturated heterocycles. The number of hydrogen-bond donors (Lipinski definition) is 2. The maximum absolute atomic E-state index is 11.8. The Hall–Kier alpha value is -1.36. The third-order valence-electron chi connectivity index (χ3n) is 2.52. The summed E-state index contributed by atoms with van der Waals surface area (Å²) in [6.45, 7) is 6.55. The fourth-order valence-electron chi connectivity index (χ4n) is 1.39. The Morgan fingerprint density at radius 1 is 1.62 bits per heavy atom. The van der Waals surface area contributed by atoms with Gasteiger partial charge in [0.05, 0.1) is 6.33 Å². The summed E-state index contributed by atoms with van der Waals surface area (Å²) >= 11 is 0. The summed E-state index contributed by atoms with van der Waals surface area (Å²) in [5, 5.41) is 2.90. The van der Waals surface area contributed by atoms with E-state index < -0.39 is 0 Å². The highest BCUT2D eigenvalue weighted by Gasteiger charge is 2.25. The van der Waals surface area contributed by atoms with Gasteiger partial charge in [-0.25, -0.2) is 4.98 Å². The van der Waals surface area contributed by atoms with Gasteiger partial charge in [0.1, 0.15) is 5.69 Å². The number of carbonyl (C=O) groups is 1. The molecule has 1 unspecified atom stereocenters. The molecule has 0 aliphatic carbocycles. The summed E-state index contributed by atoms with van der Waals surface area (Å²) in [5.41, 5.74) is 6.02. The molecule has 1 rings (SSSR count). The number of imidazole rings is 1. The van der Waals surface area contributed by atoms with E-state index in [2.05, 4.69) is 10.3 Å². The topological polar surface area (TPSA) is 72.9 Å². The van der Waals surface area contributed by atoms with Crippen LogP contribution in [0.25, 0.3) is 0 Å². The SMILES string of the molecule is Cn1cnc(C(=O)NC(CN)C(C)(C)C)c1. The average molecular weight is 224 g/mol. The number of nitrogens with zero attached hydrogens (tertiary/aromatic N) is 2. The standard InChI is InChI=1S/C11H20N4O/c1-11(2,3)9(5-12)14-10(16)8-6-15(4)7-13-8/h6-7,9H,5,12H2,1-4H3,(H,14,16). The van der Waals surface area contributed by atoms with E-state index in [0.717, 1.165) is 0 Å². The van der Waals surface area contributed by atoms with Crippen molar-refractivity contribution in [2.75, 3.05) is 6.54 Å². The van der Waals surface area contributed by atoms with Gasteiger partial charge in [-0.1, -0.05) is 20.8 Å². The number of amides is 1. The van der Waals surface area contributed by atoms with Crippen molar-refractivity contribution >= 4 is 5.91 Å². The zero-order chi connectivity index (χ0) is 12.3.